The molecule has 0 spiro atoms. The van der Waals surface area contributed by atoms with E-state index in [9.17, 15) is 19.2 Å². The quantitative estimate of drug-likeness (QED) is 0.194. The van der Waals surface area contributed by atoms with Crippen LogP contribution in [0.15, 0.2) is 23.1 Å². The number of carbonyl (C=O) groups is 4. The van der Waals surface area contributed by atoms with Crippen LogP contribution in [0.4, 0.5) is 0 Å². The SMILES string of the molecule is CC(=O)OCc1nc(/C=C(\C)C2CC3OC3(C)CCCC(C)C(OC=O)C(C)C(=O)C(C)(C)/C=C\C(=O)O2)cs1. The van der Waals surface area contributed by atoms with Gasteiger partial charge < -0.3 is 18.9 Å². The Bertz CT molecular complexity index is 1150. The zero-order valence-electron chi connectivity index (χ0n) is 24.4. The van der Waals surface area contributed by atoms with Crippen LogP contribution in [0.1, 0.15) is 84.9 Å². The number of Topliss-reactive ketones (excluding diaryl/α,β-unsaturated/α-hetero) is 1. The minimum Gasteiger partial charge on any atom is -0.464 e. The molecule has 1 saturated heterocycles. The summed E-state index contributed by atoms with van der Waals surface area (Å²) in [6.07, 6.45) is 6.38. The zero-order chi connectivity index (χ0) is 29.7. The first-order valence-corrected chi connectivity index (χ1v) is 14.6. The Hall–Kier alpha value is -2.85. The normalized spacial score (nSPS) is 32.4. The number of nitrogens with zero attached hydrogens (tertiary/aromatic N) is 1. The molecule has 6 atom stereocenters. The number of carbonyl (C=O) groups excluding carboxylic acids is 4. The lowest BCUT2D eigenvalue weighted by atomic mass is 9.76. The minimum absolute atomic E-state index is 0.0237. The van der Waals surface area contributed by atoms with E-state index in [0.29, 0.717) is 23.6 Å². The monoisotopic (exact) mass is 575 g/mol. The molecule has 6 unspecified atom stereocenters. The first-order chi connectivity index (χ1) is 18.8. The highest BCUT2D eigenvalue weighted by Gasteiger charge is 2.52. The molecule has 10 heteroatoms. The predicted octanol–water partition coefficient (Wildman–Crippen LogP) is 5.22. The molecule has 9 nitrogen and oxygen atoms in total. The van der Waals surface area contributed by atoms with E-state index in [2.05, 4.69) is 11.9 Å². The second-order valence-corrected chi connectivity index (χ2v) is 12.6. The zero-order valence-corrected chi connectivity index (χ0v) is 25.2. The fourth-order valence-corrected chi connectivity index (χ4v) is 5.96. The molecule has 1 aromatic heterocycles. The third-order valence-electron chi connectivity index (χ3n) is 7.86. The summed E-state index contributed by atoms with van der Waals surface area (Å²) in [6, 6.07) is 0. The molecule has 3 heterocycles. The largest absolute Gasteiger partial charge is 0.464 e. The van der Waals surface area contributed by atoms with E-state index in [-0.39, 0.29) is 36.0 Å². The summed E-state index contributed by atoms with van der Waals surface area (Å²) in [5.74, 6) is -1.63. The Morgan fingerprint density at radius 3 is 2.62 bits per heavy atom. The van der Waals surface area contributed by atoms with Gasteiger partial charge in [0.2, 0.25) is 0 Å². The standard InChI is InChI=1S/C30H41NO8S/c1-18-9-8-11-30(7)24(39-30)14-23(19(2)13-22-16-40-25(31-22)15-36-21(4)33)38-26(34)10-12-29(5,6)28(35)20(3)27(18)37-17-32/h10,12-13,16-18,20,23-24,27H,8-9,11,14-15H2,1-7H3/b12-10-,19-13+. The van der Waals surface area contributed by atoms with Crippen molar-refractivity contribution in [1.82, 2.24) is 4.98 Å². The van der Waals surface area contributed by atoms with E-state index in [4.69, 9.17) is 18.9 Å². The van der Waals surface area contributed by atoms with E-state index in [1.54, 1.807) is 26.8 Å². The van der Waals surface area contributed by atoms with Crippen molar-refractivity contribution in [2.75, 3.05) is 0 Å². The molecule has 0 aromatic carbocycles. The Balaban J connectivity index is 1.85. The van der Waals surface area contributed by atoms with Crippen molar-refractivity contribution in [3.8, 4) is 0 Å². The van der Waals surface area contributed by atoms with Gasteiger partial charge in [0, 0.05) is 30.2 Å². The van der Waals surface area contributed by atoms with Crippen molar-refractivity contribution in [3.05, 3.63) is 33.8 Å². The number of hydrogen-bond donors (Lipinski definition) is 0. The summed E-state index contributed by atoms with van der Waals surface area (Å²) in [5.41, 5.74) is 0.165. The number of allylic oxidation sites excluding steroid dienone is 1. The number of ether oxygens (including phenoxy) is 4. The number of rotatable bonds is 6. The Kier molecular flexibility index (Phi) is 10.5. The molecule has 3 rings (SSSR count). The fourth-order valence-electron chi connectivity index (χ4n) is 5.30. The summed E-state index contributed by atoms with van der Waals surface area (Å²) in [6.45, 7) is 13.1. The van der Waals surface area contributed by atoms with Gasteiger partial charge in [0.25, 0.3) is 6.47 Å². The number of hydrogen-bond acceptors (Lipinski definition) is 10. The van der Waals surface area contributed by atoms with E-state index >= 15 is 0 Å². The van der Waals surface area contributed by atoms with Crippen LogP contribution in [-0.2, 0) is 44.7 Å². The second kappa shape index (κ2) is 13.2. The van der Waals surface area contributed by atoms with Crippen molar-refractivity contribution < 1.29 is 38.1 Å². The number of epoxide rings is 1. The lowest BCUT2D eigenvalue weighted by Crippen LogP contribution is -2.39. The smallest absolute Gasteiger partial charge is 0.331 e. The molecule has 0 radical (unpaired) electrons. The second-order valence-electron chi connectivity index (χ2n) is 11.7. The molecule has 0 N–H and O–H groups in total. The van der Waals surface area contributed by atoms with Crippen LogP contribution in [0.25, 0.3) is 6.08 Å². The van der Waals surface area contributed by atoms with Crippen LogP contribution in [0.2, 0.25) is 0 Å². The van der Waals surface area contributed by atoms with Gasteiger partial charge in [-0.05, 0) is 58.1 Å². The number of ketones is 1. The lowest BCUT2D eigenvalue weighted by molar-refractivity contribution is -0.146. The van der Waals surface area contributed by atoms with Crippen molar-refractivity contribution in [1.29, 1.82) is 0 Å². The van der Waals surface area contributed by atoms with Crippen LogP contribution >= 0.6 is 11.3 Å². The van der Waals surface area contributed by atoms with E-state index in [1.165, 1.54) is 24.3 Å². The van der Waals surface area contributed by atoms with E-state index in [0.717, 1.165) is 24.8 Å². The van der Waals surface area contributed by atoms with Gasteiger partial charge in [-0.2, -0.15) is 0 Å². The van der Waals surface area contributed by atoms with Crippen LogP contribution in [0.5, 0.6) is 0 Å². The number of thiazole rings is 1. The topological polar surface area (TPSA) is 121 Å². The maximum atomic E-state index is 13.4. The fraction of sp³-hybridized carbons (Fsp3) is 0.633. The van der Waals surface area contributed by atoms with Gasteiger partial charge in [0.05, 0.1) is 23.3 Å². The van der Waals surface area contributed by atoms with Gasteiger partial charge in [-0.15, -0.1) is 11.3 Å². The summed E-state index contributed by atoms with van der Waals surface area (Å²) >= 11 is 1.38. The maximum absolute atomic E-state index is 13.4. The highest BCUT2D eigenvalue weighted by Crippen LogP contribution is 2.45. The molecule has 220 valence electrons. The summed E-state index contributed by atoms with van der Waals surface area (Å²) in [5, 5.41) is 2.52. The summed E-state index contributed by atoms with van der Waals surface area (Å²) < 4.78 is 22.4. The molecular weight excluding hydrogens is 534 g/mol. The molecule has 1 fully saturated rings. The molecule has 0 amide bonds. The van der Waals surface area contributed by atoms with Crippen LogP contribution < -0.4 is 0 Å². The van der Waals surface area contributed by atoms with Crippen LogP contribution in [0.3, 0.4) is 0 Å². The number of aromatic nitrogens is 1. The number of cyclic esters (lactones) is 1. The third kappa shape index (κ3) is 8.33. The Morgan fingerprint density at radius 2 is 1.95 bits per heavy atom. The maximum Gasteiger partial charge on any atom is 0.331 e. The van der Waals surface area contributed by atoms with Gasteiger partial charge in [-0.3, -0.25) is 14.4 Å². The number of fused-ring (bicyclic) bond motifs is 1. The Morgan fingerprint density at radius 1 is 1.23 bits per heavy atom. The third-order valence-corrected chi connectivity index (χ3v) is 8.70. The van der Waals surface area contributed by atoms with Gasteiger partial charge >= 0.3 is 11.9 Å². The van der Waals surface area contributed by atoms with Crippen LogP contribution in [0, 0.1) is 17.3 Å². The van der Waals surface area contributed by atoms with E-state index < -0.39 is 29.5 Å². The van der Waals surface area contributed by atoms with Crippen molar-refractivity contribution in [2.24, 2.45) is 17.3 Å². The van der Waals surface area contributed by atoms with Gasteiger partial charge in [-0.25, -0.2) is 9.78 Å². The van der Waals surface area contributed by atoms with Gasteiger partial charge in [-0.1, -0.05) is 26.3 Å². The van der Waals surface area contributed by atoms with E-state index in [1.807, 2.05) is 25.3 Å². The molecular formula is C30H41NO8S. The van der Waals surface area contributed by atoms with Crippen molar-refractivity contribution in [3.63, 3.8) is 0 Å². The average molecular weight is 576 g/mol. The molecule has 40 heavy (non-hydrogen) atoms. The Labute approximate surface area is 240 Å². The van der Waals surface area contributed by atoms with Gasteiger partial charge in [0.1, 0.15) is 29.6 Å². The molecule has 0 aliphatic carbocycles. The first-order valence-electron chi connectivity index (χ1n) is 13.7. The molecule has 2 aliphatic rings. The summed E-state index contributed by atoms with van der Waals surface area (Å²) in [7, 11) is 0. The predicted molar refractivity (Wildman–Crippen MR) is 150 cm³/mol. The average Bonchev–Trinajstić information content (AvgIpc) is 3.29. The first kappa shape index (κ1) is 31.7. The number of esters is 2. The molecule has 0 bridgehead atoms. The molecule has 0 saturated carbocycles. The molecule has 2 aliphatic heterocycles. The minimum atomic E-state index is -0.975. The lowest BCUT2D eigenvalue weighted by Gasteiger charge is -2.31. The highest BCUT2D eigenvalue weighted by atomic mass is 32.1. The molecule has 1 aromatic rings. The highest BCUT2D eigenvalue weighted by molar-refractivity contribution is 7.09. The van der Waals surface area contributed by atoms with Crippen LogP contribution in [-0.4, -0.2) is 53.1 Å². The van der Waals surface area contributed by atoms with Crippen molar-refractivity contribution >= 4 is 41.6 Å². The summed E-state index contributed by atoms with van der Waals surface area (Å²) in [4.78, 5) is 53.2. The van der Waals surface area contributed by atoms with Gasteiger partial charge in [0.15, 0.2) is 0 Å². The van der Waals surface area contributed by atoms with Crippen molar-refractivity contribution in [2.45, 2.75) is 105 Å².